The van der Waals surface area contributed by atoms with Crippen LogP contribution in [0.25, 0.3) is 0 Å². The summed E-state index contributed by atoms with van der Waals surface area (Å²) in [6.07, 6.45) is 1.42. The van der Waals surface area contributed by atoms with Gasteiger partial charge in [0.05, 0.1) is 11.5 Å². The number of piperidine rings is 1. The van der Waals surface area contributed by atoms with Crippen LogP contribution in [0.4, 0.5) is 11.4 Å². The van der Waals surface area contributed by atoms with Crippen LogP contribution in [-0.2, 0) is 34.8 Å². The molecule has 3 N–H and O–H groups in total. The Hall–Kier alpha value is -4.78. The van der Waals surface area contributed by atoms with Gasteiger partial charge in [-0.3, -0.25) is 34.2 Å². The van der Waals surface area contributed by atoms with E-state index in [2.05, 4.69) is 22.0 Å². The second-order valence-corrected chi connectivity index (χ2v) is 11.2. The first-order valence-corrected chi connectivity index (χ1v) is 12.9. The Morgan fingerprint density at radius 2 is 1.68 bits per heavy atom. The van der Waals surface area contributed by atoms with Crippen LogP contribution in [-0.4, -0.2) is 40.5 Å². The zero-order valence-electron chi connectivity index (χ0n) is 22.8. The normalized spacial score (nSPS) is 17.7. The highest BCUT2D eigenvalue weighted by atomic mass is 16.2. The standard InChI is InChI=1S/C30H31N5O5/c1-29(2,16-25(37)33-21-10-6-8-19(14-21)30(3,4)17-31)18-7-5-9-20(13-18)32-22-15-26(38)35(28(22)40)23-11-12-24(36)34-27(23)39/h5-10,13-15,23,32H,11-12,16H2,1-4H3,(H,33,37)(H,34,36,39). The van der Waals surface area contributed by atoms with Gasteiger partial charge in [-0.05, 0) is 61.1 Å². The zero-order chi connectivity index (χ0) is 29.2. The first-order valence-electron chi connectivity index (χ1n) is 12.9. The van der Waals surface area contributed by atoms with E-state index >= 15 is 0 Å². The van der Waals surface area contributed by atoms with E-state index < -0.39 is 40.5 Å². The number of rotatable bonds is 8. The maximum atomic E-state index is 13.0. The van der Waals surface area contributed by atoms with Crippen LogP contribution < -0.4 is 16.0 Å². The van der Waals surface area contributed by atoms with Crippen molar-refractivity contribution in [3.8, 4) is 6.07 Å². The molecule has 1 fully saturated rings. The molecular weight excluding hydrogens is 510 g/mol. The third-order valence-corrected chi connectivity index (χ3v) is 7.15. The summed E-state index contributed by atoms with van der Waals surface area (Å²) < 4.78 is 0. The van der Waals surface area contributed by atoms with Crippen LogP contribution in [0.3, 0.4) is 0 Å². The molecule has 0 aliphatic carbocycles. The molecule has 1 unspecified atom stereocenters. The van der Waals surface area contributed by atoms with Gasteiger partial charge in [-0.1, -0.05) is 38.1 Å². The fourth-order valence-electron chi connectivity index (χ4n) is 4.73. The molecule has 206 valence electrons. The number of nitrogens with zero attached hydrogens (tertiary/aromatic N) is 2. The van der Waals surface area contributed by atoms with E-state index in [0.29, 0.717) is 11.4 Å². The van der Waals surface area contributed by atoms with Crippen LogP contribution in [0.1, 0.15) is 58.1 Å². The average Bonchev–Trinajstić information content (AvgIpc) is 3.16. The lowest BCUT2D eigenvalue weighted by atomic mass is 9.81. The summed E-state index contributed by atoms with van der Waals surface area (Å²) >= 11 is 0. The van der Waals surface area contributed by atoms with Crippen molar-refractivity contribution in [3.63, 3.8) is 0 Å². The van der Waals surface area contributed by atoms with Gasteiger partial charge < -0.3 is 10.6 Å². The van der Waals surface area contributed by atoms with Gasteiger partial charge in [0.25, 0.3) is 11.8 Å². The number of nitrogens with one attached hydrogen (secondary N) is 3. The van der Waals surface area contributed by atoms with Crippen molar-refractivity contribution >= 4 is 40.9 Å². The number of imide groups is 2. The number of carbonyl (C=O) groups excluding carboxylic acids is 5. The highest BCUT2D eigenvalue weighted by Gasteiger charge is 2.42. The molecule has 1 atom stereocenters. The second-order valence-electron chi connectivity index (χ2n) is 11.2. The maximum absolute atomic E-state index is 13.0. The van der Waals surface area contributed by atoms with Crippen molar-refractivity contribution in [2.45, 2.75) is 63.8 Å². The first-order chi connectivity index (χ1) is 18.8. The minimum Gasteiger partial charge on any atom is -0.351 e. The summed E-state index contributed by atoms with van der Waals surface area (Å²) in [7, 11) is 0. The lowest BCUT2D eigenvalue weighted by Crippen LogP contribution is -2.54. The molecule has 4 rings (SSSR count). The average molecular weight is 542 g/mol. The highest BCUT2D eigenvalue weighted by molar-refractivity contribution is 6.20. The number of hydrogen-bond donors (Lipinski definition) is 3. The lowest BCUT2D eigenvalue weighted by Gasteiger charge is -2.28. The number of carbonyl (C=O) groups is 5. The van der Waals surface area contributed by atoms with Gasteiger partial charge >= 0.3 is 0 Å². The summed E-state index contributed by atoms with van der Waals surface area (Å²) in [4.78, 5) is 63.1. The van der Waals surface area contributed by atoms with Crippen molar-refractivity contribution in [2.75, 3.05) is 10.6 Å². The lowest BCUT2D eigenvalue weighted by molar-refractivity contribution is -0.149. The van der Waals surface area contributed by atoms with E-state index in [-0.39, 0.29) is 30.9 Å². The molecule has 2 aromatic rings. The minimum absolute atomic E-state index is 0.0163. The Labute approximate surface area is 232 Å². The monoisotopic (exact) mass is 541 g/mol. The molecule has 0 bridgehead atoms. The van der Waals surface area contributed by atoms with E-state index in [1.54, 1.807) is 36.4 Å². The molecule has 0 saturated carbocycles. The van der Waals surface area contributed by atoms with Gasteiger partial charge in [-0.25, -0.2) is 0 Å². The van der Waals surface area contributed by atoms with Gasteiger partial charge in [0.1, 0.15) is 11.7 Å². The number of hydrogen-bond acceptors (Lipinski definition) is 7. The largest absolute Gasteiger partial charge is 0.351 e. The van der Waals surface area contributed by atoms with Crippen LogP contribution >= 0.6 is 0 Å². The number of nitriles is 1. The molecule has 2 aliphatic rings. The molecule has 10 heteroatoms. The van der Waals surface area contributed by atoms with Gasteiger partial charge in [0, 0.05) is 30.3 Å². The van der Waals surface area contributed by atoms with Crippen LogP contribution in [0.2, 0.25) is 0 Å². The van der Waals surface area contributed by atoms with Gasteiger partial charge in [-0.15, -0.1) is 0 Å². The van der Waals surface area contributed by atoms with E-state index in [1.807, 2.05) is 39.8 Å². The van der Waals surface area contributed by atoms with Gasteiger partial charge in [0.15, 0.2) is 0 Å². The van der Waals surface area contributed by atoms with E-state index in [4.69, 9.17) is 0 Å². The Morgan fingerprint density at radius 3 is 2.35 bits per heavy atom. The molecule has 2 aromatic carbocycles. The van der Waals surface area contributed by atoms with Crippen LogP contribution in [0, 0.1) is 11.3 Å². The summed E-state index contributed by atoms with van der Waals surface area (Å²) in [5.74, 6) is -2.58. The van der Waals surface area contributed by atoms with Crippen molar-refractivity contribution < 1.29 is 24.0 Å². The fourth-order valence-corrected chi connectivity index (χ4v) is 4.73. The topological polar surface area (TPSA) is 148 Å². The first kappa shape index (κ1) is 28.2. The molecule has 10 nitrogen and oxygen atoms in total. The van der Waals surface area contributed by atoms with Crippen molar-refractivity contribution in [1.29, 1.82) is 5.26 Å². The molecule has 0 radical (unpaired) electrons. The van der Waals surface area contributed by atoms with Crippen LogP contribution in [0.5, 0.6) is 0 Å². The van der Waals surface area contributed by atoms with E-state index in [1.165, 1.54) is 0 Å². The fraction of sp³-hybridized carbons (Fsp3) is 0.333. The summed E-state index contributed by atoms with van der Waals surface area (Å²) in [6, 6.07) is 15.6. The summed E-state index contributed by atoms with van der Waals surface area (Å²) in [5.41, 5.74) is 1.51. The minimum atomic E-state index is -1.04. The number of amides is 5. The Morgan fingerprint density at radius 1 is 1.02 bits per heavy atom. The molecule has 0 spiro atoms. The molecular formula is C30H31N5O5. The smallest absolute Gasteiger partial charge is 0.278 e. The molecule has 2 aliphatic heterocycles. The Kier molecular flexibility index (Phi) is 7.60. The third kappa shape index (κ3) is 5.94. The quantitative estimate of drug-likeness (QED) is 0.434. The van der Waals surface area contributed by atoms with E-state index in [9.17, 15) is 29.2 Å². The molecule has 0 aromatic heterocycles. The molecule has 5 amide bonds. The second kappa shape index (κ2) is 10.8. The SMILES string of the molecule is CC(C)(C#N)c1cccc(NC(=O)CC(C)(C)c2cccc(NC3=CC(=O)N(C4CCC(=O)NC4=O)C3=O)c2)c1. The van der Waals surface area contributed by atoms with Crippen LogP contribution in [0.15, 0.2) is 60.3 Å². The van der Waals surface area contributed by atoms with Gasteiger partial charge in [-0.2, -0.15) is 5.26 Å². The number of benzene rings is 2. The molecule has 2 heterocycles. The third-order valence-electron chi connectivity index (χ3n) is 7.15. The van der Waals surface area contributed by atoms with Crippen molar-refractivity contribution in [3.05, 3.63) is 71.4 Å². The van der Waals surface area contributed by atoms with Gasteiger partial charge in [0.2, 0.25) is 17.7 Å². The Bertz CT molecular complexity index is 1480. The summed E-state index contributed by atoms with van der Waals surface area (Å²) in [6.45, 7) is 7.48. The summed E-state index contributed by atoms with van der Waals surface area (Å²) in [5, 5.41) is 17.5. The highest BCUT2D eigenvalue weighted by Crippen LogP contribution is 2.31. The molecule has 40 heavy (non-hydrogen) atoms. The maximum Gasteiger partial charge on any atom is 0.278 e. The Balaban J connectivity index is 1.43. The number of anilines is 2. The zero-order valence-corrected chi connectivity index (χ0v) is 22.8. The molecule has 1 saturated heterocycles. The van der Waals surface area contributed by atoms with Crippen molar-refractivity contribution in [2.24, 2.45) is 0 Å². The predicted molar refractivity (Wildman–Crippen MR) is 148 cm³/mol. The van der Waals surface area contributed by atoms with E-state index in [0.717, 1.165) is 22.1 Å². The predicted octanol–water partition coefficient (Wildman–Crippen LogP) is 3.26. The van der Waals surface area contributed by atoms with Crippen molar-refractivity contribution in [1.82, 2.24) is 10.2 Å².